The third-order valence-electron chi connectivity index (χ3n) is 1.30. The second-order valence-corrected chi connectivity index (χ2v) is 3.18. The van der Waals surface area contributed by atoms with Crippen LogP contribution in [0.15, 0.2) is 22.7 Å². The van der Waals surface area contributed by atoms with Crippen LogP contribution in [-0.4, -0.2) is 17.3 Å². The summed E-state index contributed by atoms with van der Waals surface area (Å²) < 4.78 is 0. The van der Waals surface area contributed by atoms with E-state index in [9.17, 15) is 4.79 Å². The monoisotopic (exact) mass is 199 g/mol. The molecule has 0 bridgehead atoms. The van der Waals surface area contributed by atoms with Crippen LogP contribution in [0.5, 0.6) is 0 Å². The van der Waals surface area contributed by atoms with Crippen LogP contribution in [0.2, 0.25) is 0 Å². The molecule has 1 aromatic rings. The largest absolute Gasteiger partial charge is 0.478 e. The molecule has 0 amide bonds. The number of aliphatic carboxylic acids is 1. The van der Waals surface area contributed by atoms with E-state index < -0.39 is 12.1 Å². The van der Waals surface area contributed by atoms with Crippen molar-refractivity contribution in [2.45, 2.75) is 13.0 Å². The Balaban J connectivity index is 2.74. The van der Waals surface area contributed by atoms with E-state index in [2.05, 4.69) is 5.16 Å². The van der Waals surface area contributed by atoms with Crippen molar-refractivity contribution in [1.82, 2.24) is 0 Å². The predicted molar refractivity (Wildman–Crippen MR) is 49.9 cm³/mol. The van der Waals surface area contributed by atoms with Crippen LogP contribution in [0.25, 0.3) is 0 Å². The summed E-state index contributed by atoms with van der Waals surface area (Å²) in [4.78, 5) is 16.1. The standard InChI is InChI=1S/C8H9NO3S/c1-2-9-12-7(8(10)11)6-4-3-5-13-6/h2-5,7H,1H3,(H,10,11). The van der Waals surface area contributed by atoms with Gasteiger partial charge in [-0.2, -0.15) is 0 Å². The van der Waals surface area contributed by atoms with Crippen molar-refractivity contribution in [3.05, 3.63) is 22.4 Å². The Labute approximate surface area is 79.5 Å². The molecule has 0 aliphatic heterocycles. The van der Waals surface area contributed by atoms with Gasteiger partial charge in [-0.05, 0) is 18.4 Å². The number of hydrogen-bond donors (Lipinski definition) is 1. The molecule has 0 saturated heterocycles. The van der Waals surface area contributed by atoms with E-state index >= 15 is 0 Å². The van der Waals surface area contributed by atoms with Crippen LogP contribution in [-0.2, 0) is 9.63 Å². The number of carbonyl (C=O) groups is 1. The second-order valence-electron chi connectivity index (χ2n) is 2.20. The molecule has 0 radical (unpaired) electrons. The molecule has 0 spiro atoms. The second kappa shape index (κ2) is 4.61. The summed E-state index contributed by atoms with van der Waals surface area (Å²) >= 11 is 1.33. The van der Waals surface area contributed by atoms with Gasteiger partial charge in [0.2, 0.25) is 0 Å². The van der Waals surface area contributed by atoms with Gasteiger partial charge in [-0.3, -0.25) is 0 Å². The van der Waals surface area contributed by atoms with Gasteiger partial charge < -0.3 is 9.94 Å². The Morgan fingerprint density at radius 1 is 1.85 bits per heavy atom. The zero-order chi connectivity index (χ0) is 9.68. The van der Waals surface area contributed by atoms with Crippen molar-refractivity contribution in [3.8, 4) is 0 Å². The summed E-state index contributed by atoms with van der Waals surface area (Å²) in [6.07, 6.45) is 0.417. The lowest BCUT2D eigenvalue weighted by Crippen LogP contribution is -2.11. The van der Waals surface area contributed by atoms with Crippen LogP contribution < -0.4 is 0 Å². The predicted octanol–water partition coefficient (Wildman–Crippen LogP) is 1.90. The smallest absolute Gasteiger partial charge is 0.353 e. The first-order valence-corrected chi connectivity index (χ1v) is 4.53. The quantitative estimate of drug-likeness (QED) is 0.595. The lowest BCUT2D eigenvalue weighted by molar-refractivity contribution is -0.150. The van der Waals surface area contributed by atoms with Gasteiger partial charge in [-0.25, -0.2) is 4.79 Å². The maximum Gasteiger partial charge on any atom is 0.353 e. The molecule has 0 fully saturated rings. The van der Waals surface area contributed by atoms with Gasteiger partial charge >= 0.3 is 5.97 Å². The van der Waals surface area contributed by atoms with Crippen molar-refractivity contribution in [2.24, 2.45) is 5.16 Å². The first-order chi connectivity index (χ1) is 6.25. The number of carboxylic acids is 1. The van der Waals surface area contributed by atoms with Crippen LogP contribution in [0, 0.1) is 0 Å². The maximum absolute atomic E-state index is 10.7. The van der Waals surface area contributed by atoms with Crippen molar-refractivity contribution in [1.29, 1.82) is 0 Å². The number of rotatable bonds is 4. The first kappa shape index (κ1) is 9.73. The van der Waals surface area contributed by atoms with Crippen LogP contribution in [0.4, 0.5) is 0 Å². The van der Waals surface area contributed by atoms with E-state index in [-0.39, 0.29) is 0 Å². The molecule has 0 aliphatic rings. The highest BCUT2D eigenvalue weighted by molar-refractivity contribution is 7.10. The summed E-state index contributed by atoms with van der Waals surface area (Å²) in [7, 11) is 0. The van der Waals surface area contributed by atoms with E-state index in [0.29, 0.717) is 4.88 Å². The van der Waals surface area contributed by atoms with Crippen molar-refractivity contribution in [2.75, 3.05) is 0 Å². The number of carboxylic acid groups (broad SMARTS) is 1. The zero-order valence-corrected chi connectivity index (χ0v) is 7.82. The molecule has 4 nitrogen and oxygen atoms in total. The Hall–Kier alpha value is -1.36. The molecular weight excluding hydrogens is 190 g/mol. The van der Waals surface area contributed by atoms with Crippen LogP contribution >= 0.6 is 11.3 Å². The minimum absolute atomic E-state index is 0.637. The summed E-state index contributed by atoms with van der Waals surface area (Å²) in [6.45, 7) is 1.66. The van der Waals surface area contributed by atoms with E-state index in [4.69, 9.17) is 9.94 Å². The van der Waals surface area contributed by atoms with E-state index in [1.54, 1.807) is 24.4 Å². The molecule has 0 saturated carbocycles. The van der Waals surface area contributed by atoms with Crippen molar-refractivity contribution < 1.29 is 14.7 Å². The van der Waals surface area contributed by atoms with Gasteiger partial charge in [0.05, 0.1) is 4.88 Å². The fourth-order valence-corrected chi connectivity index (χ4v) is 1.52. The Morgan fingerprint density at radius 2 is 2.62 bits per heavy atom. The molecule has 1 unspecified atom stereocenters. The Morgan fingerprint density at radius 3 is 3.08 bits per heavy atom. The average molecular weight is 199 g/mol. The van der Waals surface area contributed by atoms with E-state index in [1.165, 1.54) is 17.6 Å². The number of oxime groups is 1. The zero-order valence-electron chi connectivity index (χ0n) is 7.01. The molecule has 1 atom stereocenters. The number of nitrogens with zero attached hydrogens (tertiary/aromatic N) is 1. The molecule has 1 heterocycles. The van der Waals surface area contributed by atoms with Gasteiger partial charge in [0.1, 0.15) is 0 Å². The van der Waals surface area contributed by atoms with Gasteiger partial charge in [0.25, 0.3) is 6.10 Å². The van der Waals surface area contributed by atoms with Crippen LogP contribution in [0.3, 0.4) is 0 Å². The summed E-state index contributed by atoms with van der Waals surface area (Å²) in [6, 6.07) is 3.48. The molecule has 70 valence electrons. The highest BCUT2D eigenvalue weighted by atomic mass is 32.1. The molecule has 5 heteroatoms. The highest BCUT2D eigenvalue weighted by Crippen LogP contribution is 2.22. The SMILES string of the molecule is CC=NOC(C(=O)O)c1cccs1. The lowest BCUT2D eigenvalue weighted by Gasteiger charge is -2.06. The topological polar surface area (TPSA) is 58.9 Å². The molecule has 13 heavy (non-hydrogen) atoms. The Kier molecular flexibility index (Phi) is 3.45. The maximum atomic E-state index is 10.7. The lowest BCUT2D eigenvalue weighted by atomic mass is 10.3. The molecule has 0 aliphatic carbocycles. The van der Waals surface area contributed by atoms with Crippen LogP contribution in [0.1, 0.15) is 17.9 Å². The van der Waals surface area contributed by atoms with Gasteiger partial charge in [-0.1, -0.05) is 11.2 Å². The van der Waals surface area contributed by atoms with Crippen molar-refractivity contribution in [3.63, 3.8) is 0 Å². The molecule has 0 aromatic carbocycles. The summed E-state index contributed by atoms with van der Waals surface area (Å²) in [5.41, 5.74) is 0. The number of hydrogen-bond acceptors (Lipinski definition) is 4. The van der Waals surface area contributed by atoms with E-state index in [1.807, 2.05) is 0 Å². The normalized spacial score (nSPS) is 13.0. The molecule has 1 aromatic heterocycles. The van der Waals surface area contributed by atoms with Gasteiger partial charge in [0, 0.05) is 6.21 Å². The minimum atomic E-state index is -1.03. The third-order valence-corrected chi connectivity index (χ3v) is 2.21. The summed E-state index contributed by atoms with van der Waals surface area (Å²) in [5, 5.41) is 14.0. The average Bonchev–Trinajstić information content (AvgIpc) is 2.57. The fourth-order valence-electron chi connectivity index (χ4n) is 0.781. The van der Waals surface area contributed by atoms with Gasteiger partial charge in [0.15, 0.2) is 0 Å². The minimum Gasteiger partial charge on any atom is -0.478 e. The third kappa shape index (κ3) is 2.55. The first-order valence-electron chi connectivity index (χ1n) is 3.65. The number of thiophene rings is 1. The highest BCUT2D eigenvalue weighted by Gasteiger charge is 2.22. The fraction of sp³-hybridized carbons (Fsp3) is 0.250. The molecular formula is C8H9NO3S. The van der Waals surface area contributed by atoms with Crippen molar-refractivity contribution >= 4 is 23.5 Å². The molecule has 1 N–H and O–H groups in total. The van der Waals surface area contributed by atoms with E-state index in [0.717, 1.165) is 0 Å². The Bertz CT molecular complexity index is 294. The summed E-state index contributed by atoms with van der Waals surface area (Å²) in [5.74, 6) is -1.03. The van der Waals surface area contributed by atoms with Gasteiger partial charge in [-0.15, -0.1) is 11.3 Å². The molecule has 1 rings (SSSR count).